The van der Waals surface area contributed by atoms with Crippen molar-refractivity contribution < 1.29 is 13.7 Å². The van der Waals surface area contributed by atoms with E-state index in [4.69, 9.17) is 4.52 Å². The Morgan fingerprint density at radius 1 is 1.29 bits per heavy atom. The van der Waals surface area contributed by atoms with Crippen molar-refractivity contribution in [1.29, 1.82) is 0 Å². The third-order valence-electron chi connectivity index (χ3n) is 3.42. The number of amides is 1. The Hall–Kier alpha value is -2.54. The number of benzene rings is 1. The van der Waals surface area contributed by atoms with E-state index < -0.39 is 0 Å². The quantitative estimate of drug-likeness (QED) is 0.769. The summed E-state index contributed by atoms with van der Waals surface area (Å²) in [6, 6.07) is 8.06. The van der Waals surface area contributed by atoms with Gasteiger partial charge in [-0.1, -0.05) is 17.3 Å². The van der Waals surface area contributed by atoms with Gasteiger partial charge in [0.2, 0.25) is 0 Å². The first kappa shape index (κ1) is 16.3. The Morgan fingerprint density at radius 2 is 2.04 bits per heavy atom. The number of carbonyl (C=O) groups excluding carboxylic acids is 1. The molecule has 2 aromatic heterocycles. The second kappa shape index (κ2) is 6.92. The molecule has 0 aliphatic rings. The normalized spacial score (nSPS) is 10.8. The lowest BCUT2D eigenvalue weighted by atomic mass is 10.1. The van der Waals surface area contributed by atoms with Gasteiger partial charge in [0.05, 0.1) is 22.9 Å². The minimum absolute atomic E-state index is 0.190. The Kier molecular flexibility index (Phi) is 4.71. The molecule has 124 valence electrons. The zero-order chi connectivity index (χ0) is 17.1. The topological polar surface area (TPSA) is 68.0 Å². The van der Waals surface area contributed by atoms with Gasteiger partial charge in [0.25, 0.3) is 5.91 Å². The van der Waals surface area contributed by atoms with E-state index in [2.05, 4.69) is 15.5 Å². The van der Waals surface area contributed by atoms with Crippen LogP contribution in [0.4, 0.5) is 4.39 Å². The van der Waals surface area contributed by atoms with Crippen molar-refractivity contribution in [3.05, 3.63) is 68.7 Å². The van der Waals surface area contributed by atoms with Crippen LogP contribution >= 0.6 is 11.3 Å². The molecule has 0 saturated carbocycles. The summed E-state index contributed by atoms with van der Waals surface area (Å²) in [6.45, 7) is 3.91. The number of carbonyl (C=O) groups is 1. The number of thiazole rings is 1. The number of aromatic nitrogens is 2. The summed E-state index contributed by atoms with van der Waals surface area (Å²) in [5, 5.41) is 7.40. The smallest absolute Gasteiger partial charge is 0.263 e. The number of hydrogen-bond donors (Lipinski definition) is 1. The van der Waals surface area contributed by atoms with Crippen LogP contribution in [0.5, 0.6) is 0 Å². The van der Waals surface area contributed by atoms with Crippen molar-refractivity contribution in [2.75, 3.05) is 0 Å². The van der Waals surface area contributed by atoms with Gasteiger partial charge in [0.1, 0.15) is 10.7 Å². The predicted molar refractivity (Wildman–Crippen MR) is 88.5 cm³/mol. The summed E-state index contributed by atoms with van der Waals surface area (Å²) in [7, 11) is 0. The highest BCUT2D eigenvalue weighted by Gasteiger charge is 2.16. The van der Waals surface area contributed by atoms with E-state index in [9.17, 15) is 9.18 Å². The zero-order valence-electron chi connectivity index (χ0n) is 13.3. The second-order valence-electron chi connectivity index (χ2n) is 5.44. The SMILES string of the molecule is Cc1cc(CNC(=O)c2sc(Cc3ccc(F)cc3)nc2C)on1. The van der Waals surface area contributed by atoms with Crippen molar-refractivity contribution >= 4 is 17.2 Å². The molecule has 0 fully saturated rings. The van der Waals surface area contributed by atoms with Crippen molar-refractivity contribution in [2.24, 2.45) is 0 Å². The summed E-state index contributed by atoms with van der Waals surface area (Å²) in [6.07, 6.45) is 0.570. The molecule has 1 N–H and O–H groups in total. The van der Waals surface area contributed by atoms with E-state index in [0.717, 1.165) is 16.3 Å². The zero-order valence-corrected chi connectivity index (χ0v) is 14.1. The number of rotatable bonds is 5. The van der Waals surface area contributed by atoms with Gasteiger partial charge in [-0.05, 0) is 31.5 Å². The van der Waals surface area contributed by atoms with E-state index in [0.29, 0.717) is 22.8 Å². The molecule has 2 heterocycles. The first-order chi connectivity index (χ1) is 11.5. The molecule has 0 atom stereocenters. The Labute approximate surface area is 142 Å². The van der Waals surface area contributed by atoms with Gasteiger partial charge in [-0.25, -0.2) is 9.37 Å². The monoisotopic (exact) mass is 345 g/mol. The molecule has 0 spiro atoms. The van der Waals surface area contributed by atoms with Crippen LogP contribution in [0.1, 0.15) is 37.4 Å². The molecule has 3 rings (SSSR count). The average Bonchev–Trinajstić information content (AvgIpc) is 3.13. The number of halogens is 1. The first-order valence-corrected chi connectivity index (χ1v) is 8.24. The third-order valence-corrected chi connectivity index (χ3v) is 4.57. The largest absolute Gasteiger partial charge is 0.359 e. The van der Waals surface area contributed by atoms with Gasteiger partial charge in [-0.15, -0.1) is 11.3 Å². The molecular formula is C17H16FN3O2S. The van der Waals surface area contributed by atoms with Crippen molar-refractivity contribution in [2.45, 2.75) is 26.8 Å². The maximum absolute atomic E-state index is 12.9. The van der Waals surface area contributed by atoms with Crippen LogP contribution in [0.15, 0.2) is 34.9 Å². The number of aryl methyl sites for hydroxylation is 2. The highest BCUT2D eigenvalue weighted by atomic mass is 32.1. The van der Waals surface area contributed by atoms with Crippen molar-refractivity contribution in [3.8, 4) is 0 Å². The van der Waals surface area contributed by atoms with Gasteiger partial charge < -0.3 is 9.84 Å². The molecule has 0 aliphatic carbocycles. The fourth-order valence-corrected chi connectivity index (χ4v) is 3.28. The standard InChI is InChI=1S/C17H16FN3O2S/c1-10-7-14(23-21-10)9-19-17(22)16-11(2)20-15(24-16)8-12-3-5-13(18)6-4-12/h3-7H,8-9H2,1-2H3,(H,19,22). The molecule has 0 radical (unpaired) electrons. The predicted octanol–water partition coefficient (Wildman–Crippen LogP) is 3.41. The lowest BCUT2D eigenvalue weighted by Gasteiger charge is -2.00. The number of nitrogens with one attached hydrogen (secondary N) is 1. The van der Waals surface area contributed by atoms with E-state index in [1.54, 1.807) is 25.1 Å². The summed E-state index contributed by atoms with van der Waals surface area (Å²) in [5.74, 6) is 0.149. The van der Waals surface area contributed by atoms with Gasteiger partial charge in [0, 0.05) is 12.5 Å². The van der Waals surface area contributed by atoms with Crippen molar-refractivity contribution in [1.82, 2.24) is 15.5 Å². The van der Waals surface area contributed by atoms with Crippen LogP contribution in [0, 0.1) is 19.7 Å². The minimum Gasteiger partial charge on any atom is -0.359 e. The van der Waals surface area contributed by atoms with E-state index >= 15 is 0 Å². The van der Waals surface area contributed by atoms with E-state index in [1.165, 1.54) is 23.5 Å². The second-order valence-corrected chi connectivity index (χ2v) is 6.53. The van der Waals surface area contributed by atoms with Crippen LogP contribution in [0.3, 0.4) is 0 Å². The van der Waals surface area contributed by atoms with Crippen LogP contribution in [-0.2, 0) is 13.0 Å². The summed E-state index contributed by atoms with van der Waals surface area (Å²) in [4.78, 5) is 17.3. The number of hydrogen-bond acceptors (Lipinski definition) is 5. The lowest BCUT2D eigenvalue weighted by molar-refractivity contribution is 0.0950. The fourth-order valence-electron chi connectivity index (χ4n) is 2.26. The first-order valence-electron chi connectivity index (χ1n) is 7.42. The van der Waals surface area contributed by atoms with Gasteiger partial charge >= 0.3 is 0 Å². The average molecular weight is 345 g/mol. The molecule has 0 bridgehead atoms. The van der Waals surface area contributed by atoms with E-state index in [1.807, 2.05) is 6.92 Å². The highest BCUT2D eigenvalue weighted by Crippen LogP contribution is 2.21. The maximum atomic E-state index is 12.9. The summed E-state index contributed by atoms with van der Waals surface area (Å²) in [5.41, 5.74) is 2.41. The van der Waals surface area contributed by atoms with Gasteiger partial charge in [-0.3, -0.25) is 4.79 Å². The van der Waals surface area contributed by atoms with Crippen molar-refractivity contribution in [3.63, 3.8) is 0 Å². The molecule has 1 aromatic carbocycles. The van der Waals surface area contributed by atoms with Crippen LogP contribution in [-0.4, -0.2) is 16.0 Å². The molecule has 5 nitrogen and oxygen atoms in total. The van der Waals surface area contributed by atoms with Crippen LogP contribution in [0.2, 0.25) is 0 Å². The molecule has 0 unspecified atom stereocenters. The Morgan fingerprint density at radius 3 is 2.71 bits per heavy atom. The molecule has 3 aromatic rings. The molecule has 0 aliphatic heterocycles. The lowest BCUT2D eigenvalue weighted by Crippen LogP contribution is -2.22. The molecular weight excluding hydrogens is 329 g/mol. The highest BCUT2D eigenvalue weighted by molar-refractivity contribution is 7.13. The third kappa shape index (κ3) is 3.86. The fraction of sp³-hybridized carbons (Fsp3) is 0.235. The Bertz CT molecular complexity index is 855. The van der Waals surface area contributed by atoms with Crippen LogP contribution < -0.4 is 5.32 Å². The van der Waals surface area contributed by atoms with Gasteiger partial charge in [0.15, 0.2) is 5.76 Å². The Balaban J connectivity index is 1.66. The molecule has 1 amide bonds. The van der Waals surface area contributed by atoms with Gasteiger partial charge in [-0.2, -0.15) is 0 Å². The molecule has 24 heavy (non-hydrogen) atoms. The number of nitrogens with zero attached hydrogens (tertiary/aromatic N) is 2. The summed E-state index contributed by atoms with van der Waals surface area (Å²) < 4.78 is 18.0. The maximum Gasteiger partial charge on any atom is 0.263 e. The molecule has 0 saturated heterocycles. The molecule has 7 heteroatoms. The summed E-state index contributed by atoms with van der Waals surface area (Å²) >= 11 is 1.34. The minimum atomic E-state index is -0.267. The van der Waals surface area contributed by atoms with Crippen LogP contribution in [0.25, 0.3) is 0 Å². The van der Waals surface area contributed by atoms with E-state index in [-0.39, 0.29) is 18.3 Å².